The molecule has 1 aliphatic rings. The maximum atomic E-state index is 5.42. The molecule has 1 unspecified atom stereocenters. The van der Waals surface area contributed by atoms with Gasteiger partial charge in [0.15, 0.2) is 0 Å². The van der Waals surface area contributed by atoms with Crippen LogP contribution in [0.2, 0.25) is 0 Å². The van der Waals surface area contributed by atoms with E-state index in [1.807, 2.05) is 24.4 Å². The Morgan fingerprint density at radius 3 is 2.88 bits per heavy atom. The zero-order valence-corrected chi connectivity index (χ0v) is 11.0. The molecule has 0 saturated carbocycles. The Bertz CT molecular complexity index is 360. The average Bonchev–Trinajstić information content (AvgIpc) is 2.89. The lowest BCUT2D eigenvalue weighted by Crippen LogP contribution is -2.37. The lowest BCUT2D eigenvalue weighted by atomic mass is 10.1. The van der Waals surface area contributed by atoms with Crippen molar-refractivity contribution >= 4 is 17.2 Å². The molecule has 0 amide bonds. The summed E-state index contributed by atoms with van der Waals surface area (Å²) in [6.07, 6.45) is 4.43. The quantitative estimate of drug-likeness (QED) is 0.828. The second-order valence-electron chi connectivity index (χ2n) is 4.50. The molecule has 1 atom stereocenters. The van der Waals surface area contributed by atoms with E-state index in [0.29, 0.717) is 0 Å². The van der Waals surface area contributed by atoms with E-state index in [1.165, 1.54) is 25.9 Å². The minimum absolute atomic E-state index is 0.189. The van der Waals surface area contributed by atoms with Crippen LogP contribution in [0.3, 0.4) is 0 Å². The molecule has 17 heavy (non-hydrogen) atoms. The first kappa shape index (κ1) is 12.5. The van der Waals surface area contributed by atoms with Crippen LogP contribution < -0.4 is 5.32 Å². The lowest BCUT2D eigenvalue weighted by molar-refractivity contribution is 0.332. The third kappa shape index (κ3) is 3.48. The number of hydrogen-bond acceptors (Lipinski definition) is 3. The number of rotatable bonds is 4. The highest BCUT2D eigenvalue weighted by atomic mass is 32.1. The number of aromatic nitrogens is 1. The molecule has 92 valence electrons. The summed E-state index contributed by atoms with van der Waals surface area (Å²) in [6.45, 7) is 5.35. The van der Waals surface area contributed by atoms with Crippen molar-refractivity contribution in [3.05, 3.63) is 30.1 Å². The van der Waals surface area contributed by atoms with Crippen molar-refractivity contribution in [1.29, 1.82) is 0 Å². The molecule has 0 aromatic carbocycles. The van der Waals surface area contributed by atoms with Crippen LogP contribution >= 0.6 is 12.2 Å². The van der Waals surface area contributed by atoms with Crippen molar-refractivity contribution in [3.8, 4) is 0 Å². The van der Waals surface area contributed by atoms with Crippen LogP contribution in [0.1, 0.15) is 31.4 Å². The summed E-state index contributed by atoms with van der Waals surface area (Å²) in [7, 11) is 0. The van der Waals surface area contributed by atoms with Crippen LogP contribution in [0.4, 0.5) is 0 Å². The molecule has 1 aliphatic heterocycles. The van der Waals surface area contributed by atoms with E-state index in [4.69, 9.17) is 12.2 Å². The predicted octanol–water partition coefficient (Wildman–Crippen LogP) is 2.16. The molecular weight excluding hydrogens is 230 g/mol. The molecule has 1 N–H and O–H groups in total. The number of pyridine rings is 1. The molecule has 2 rings (SSSR count). The monoisotopic (exact) mass is 249 g/mol. The number of nitrogens with zero attached hydrogens (tertiary/aromatic N) is 2. The molecule has 3 nitrogen and oxygen atoms in total. The molecule has 1 aromatic heterocycles. The highest BCUT2D eigenvalue weighted by Gasteiger charge is 2.15. The van der Waals surface area contributed by atoms with Crippen molar-refractivity contribution in [2.75, 3.05) is 19.8 Å². The average molecular weight is 249 g/mol. The van der Waals surface area contributed by atoms with Crippen LogP contribution in [0, 0.1) is 0 Å². The second kappa shape index (κ2) is 6.07. The fourth-order valence-electron chi connectivity index (χ4n) is 2.05. The maximum Gasteiger partial charge on any atom is 0.0852 e. The van der Waals surface area contributed by atoms with E-state index in [1.54, 1.807) is 0 Å². The standard InChI is InChI=1S/C13H19N3S/c1-11(12-6-2-3-7-14-12)13(17)15-10-16-8-4-5-9-16/h2-3,6-7,11H,4-5,8-10H2,1H3,(H,15,17). The molecule has 1 saturated heterocycles. The summed E-state index contributed by atoms with van der Waals surface area (Å²) in [5.41, 5.74) is 1.03. The minimum atomic E-state index is 0.189. The molecule has 0 radical (unpaired) electrons. The lowest BCUT2D eigenvalue weighted by Gasteiger charge is -2.19. The van der Waals surface area contributed by atoms with E-state index in [-0.39, 0.29) is 5.92 Å². The Hall–Kier alpha value is -1.00. The van der Waals surface area contributed by atoms with Gasteiger partial charge in [-0.25, -0.2) is 0 Å². The van der Waals surface area contributed by atoms with Crippen LogP contribution in [0.25, 0.3) is 0 Å². The zero-order chi connectivity index (χ0) is 12.1. The van der Waals surface area contributed by atoms with E-state index in [9.17, 15) is 0 Å². The van der Waals surface area contributed by atoms with E-state index >= 15 is 0 Å². The smallest absolute Gasteiger partial charge is 0.0852 e. The largest absolute Gasteiger partial charge is 0.366 e. The first-order chi connectivity index (χ1) is 8.27. The minimum Gasteiger partial charge on any atom is -0.366 e. The second-order valence-corrected chi connectivity index (χ2v) is 4.94. The third-order valence-electron chi connectivity index (χ3n) is 3.20. The van der Waals surface area contributed by atoms with Gasteiger partial charge in [0.05, 0.1) is 11.7 Å². The molecule has 0 aliphatic carbocycles. The van der Waals surface area contributed by atoms with Crippen molar-refractivity contribution in [2.24, 2.45) is 0 Å². The Morgan fingerprint density at radius 1 is 1.47 bits per heavy atom. The predicted molar refractivity (Wildman–Crippen MR) is 74.1 cm³/mol. The van der Waals surface area contributed by atoms with Gasteiger partial charge in [-0.05, 0) is 38.1 Å². The maximum absolute atomic E-state index is 5.42. The number of likely N-dealkylation sites (tertiary alicyclic amines) is 1. The van der Waals surface area contributed by atoms with Gasteiger partial charge in [-0.1, -0.05) is 25.2 Å². The van der Waals surface area contributed by atoms with E-state index in [0.717, 1.165) is 17.4 Å². The van der Waals surface area contributed by atoms with Gasteiger partial charge in [-0.3, -0.25) is 9.88 Å². The molecule has 1 aromatic rings. The van der Waals surface area contributed by atoms with Gasteiger partial charge in [0.1, 0.15) is 0 Å². The van der Waals surface area contributed by atoms with Gasteiger partial charge >= 0.3 is 0 Å². The van der Waals surface area contributed by atoms with Gasteiger partial charge in [-0.2, -0.15) is 0 Å². The van der Waals surface area contributed by atoms with Crippen LogP contribution in [0.5, 0.6) is 0 Å². The summed E-state index contributed by atoms with van der Waals surface area (Å²) in [5.74, 6) is 0.189. The molecule has 4 heteroatoms. The van der Waals surface area contributed by atoms with Crippen molar-refractivity contribution in [1.82, 2.24) is 15.2 Å². The Morgan fingerprint density at radius 2 is 2.24 bits per heavy atom. The van der Waals surface area contributed by atoms with Crippen LogP contribution in [-0.4, -0.2) is 34.6 Å². The summed E-state index contributed by atoms with van der Waals surface area (Å²) < 4.78 is 0. The number of hydrogen-bond donors (Lipinski definition) is 1. The van der Waals surface area contributed by atoms with Crippen molar-refractivity contribution < 1.29 is 0 Å². The summed E-state index contributed by atoms with van der Waals surface area (Å²) >= 11 is 5.42. The highest BCUT2D eigenvalue weighted by Crippen LogP contribution is 2.13. The zero-order valence-electron chi connectivity index (χ0n) is 10.2. The van der Waals surface area contributed by atoms with E-state index < -0.39 is 0 Å². The van der Waals surface area contributed by atoms with Gasteiger partial charge in [0.25, 0.3) is 0 Å². The molecule has 0 bridgehead atoms. The van der Waals surface area contributed by atoms with Crippen LogP contribution in [-0.2, 0) is 0 Å². The first-order valence-electron chi connectivity index (χ1n) is 6.18. The Kier molecular flexibility index (Phi) is 4.45. The Labute approximate surface area is 108 Å². The fraction of sp³-hybridized carbons (Fsp3) is 0.538. The van der Waals surface area contributed by atoms with Crippen molar-refractivity contribution in [2.45, 2.75) is 25.7 Å². The van der Waals surface area contributed by atoms with Gasteiger partial charge < -0.3 is 5.32 Å². The fourth-order valence-corrected chi connectivity index (χ4v) is 2.24. The Balaban J connectivity index is 1.83. The first-order valence-corrected chi connectivity index (χ1v) is 6.59. The van der Waals surface area contributed by atoms with E-state index in [2.05, 4.69) is 22.1 Å². The van der Waals surface area contributed by atoms with Gasteiger partial charge in [0, 0.05) is 17.8 Å². The van der Waals surface area contributed by atoms with Gasteiger partial charge in [0.2, 0.25) is 0 Å². The van der Waals surface area contributed by atoms with Crippen LogP contribution in [0.15, 0.2) is 24.4 Å². The van der Waals surface area contributed by atoms with Gasteiger partial charge in [-0.15, -0.1) is 0 Å². The summed E-state index contributed by atoms with van der Waals surface area (Å²) in [5, 5.41) is 3.34. The number of thiocarbonyl (C=S) groups is 1. The normalized spacial score (nSPS) is 17.9. The SMILES string of the molecule is CC(C(=S)NCN1CCCC1)c1ccccn1. The molecule has 1 fully saturated rings. The summed E-state index contributed by atoms with van der Waals surface area (Å²) in [6, 6.07) is 5.95. The highest BCUT2D eigenvalue weighted by molar-refractivity contribution is 7.80. The van der Waals surface area contributed by atoms with Crippen molar-refractivity contribution in [3.63, 3.8) is 0 Å². The molecule has 2 heterocycles. The topological polar surface area (TPSA) is 28.2 Å². The third-order valence-corrected chi connectivity index (χ3v) is 3.70. The molecule has 0 spiro atoms. The number of nitrogens with one attached hydrogen (secondary N) is 1. The molecular formula is C13H19N3S. The summed E-state index contributed by atoms with van der Waals surface area (Å²) in [4.78, 5) is 7.62.